The molecule has 1 fully saturated rings. The van der Waals surface area contributed by atoms with Crippen LogP contribution in [0.4, 0.5) is 17.1 Å². The molecule has 0 aliphatic carbocycles. The standard InChI is InChI=1S/C23H31N3O3/c1-14-11-18(24)19(13-20(14)26-15(2)7-6-8-16(26)3)25-23(27)17-9-10-21(28-4)22(12-17)29-5/h9-13,15-16H,6-8,24H2,1-5H3,(H,25,27)/t15-,16-/m0/s1. The van der Waals surface area contributed by atoms with Gasteiger partial charge in [-0.05, 0) is 75.9 Å². The molecule has 1 aliphatic rings. The van der Waals surface area contributed by atoms with Gasteiger partial charge in [0.1, 0.15) is 0 Å². The Morgan fingerprint density at radius 3 is 2.34 bits per heavy atom. The number of amides is 1. The smallest absolute Gasteiger partial charge is 0.255 e. The van der Waals surface area contributed by atoms with Gasteiger partial charge in [0.05, 0.1) is 25.6 Å². The number of nitrogens with two attached hydrogens (primary N) is 1. The highest BCUT2D eigenvalue weighted by Crippen LogP contribution is 2.36. The van der Waals surface area contributed by atoms with E-state index < -0.39 is 0 Å². The lowest BCUT2D eigenvalue weighted by atomic mass is 9.95. The number of carbonyl (C=O) groups excluding carboxylic acids is 1. The molecule has 2 aromatic carbocycles. The fourth-order valence-corrected chi connectivity index (χ4v) is 4.17. The number of methoxy groups -OCH3 is 2. The number of ether oxygens (including phenoxy) is 2. The van der Waals surface area contributed by atoms with Gasteiger partial charge in [-0.2, -0.15) is 0 Å². The third-order valence-electron chi connectivity index (χ3n) is 5.73. The highest BCUT2D eigenvalue weighted by molar-refractivity contribution is 6.06. The van der Waals surface area contributed by atoms with Crippen molar-refractivity contribution in [2.75, 3.05) is 30.2 Å². The van der Waals surface area contributed by atoms with Crippen LogP contribution in [0.2, 0.25) is 0 Å². The summed E-state index contributed by atoms with van der Waals surface area (Å²) in [5, 5.41) is 2.96. The monoisotopic (exact) mass is 397 g/mol. The Morgan fingerprint density at radius 2 is 1.72 bits per heavy atom. The van der Waals surface area contributed by atoms with E-state index in [0.29, 0.717) is 40.5 Å². The molecule has 1 amide bonds. The summed E-state index contributed by atoms with van der Waals surface area (Å²) in [4.78, 5) is 15.3. The van der Waals surface area contributed by atoms with Gasteiger partial charge in [0.15, 0.2) is 11.5 Å². The summed E-state index contributed by atoms with van der Waals surface area (Å²) < 4.78 is 10.5. The Balaban J connectivity index is 1.90. The SMILES string of the molecule is COc1ccc(C(=O)Nc2cc(N3[C@@H](C)CCC[C@@H]3C)c(C)cc2N)cc1OC. The number of hydrogen-bond acceptors (Lipinski definition) is 5. The molecule has 2 atom stereocenters. The van der Waals surface area contributed by atoms with Crippen LogP contribution in [0.1, 0.15) is 49.0 Å². The first-order valence-corrected chi connectivity index (χ1v) is 10.1. The van der Waals surface area contributed by atoms with Gasteiger partial charge < -0.3 is 25.4 Å². The molecule has 1 saturated heterocycles. The summed E-state index contributed by atoms with van der Waals surface area (Å²) in [7, 11) is 3.11. The molecule has 3 N–H and O–H groups in total. The Labute approximate surface area is 173 Å². The molecule has 0 bridgehead atoms. The van der Waals surface area contributed by atoms with Gasteiger partial charge in [-0.15, -0.1) is 0 Å². The van der Waals surface area contributed by atoms with Crippen LogP contribution in [0.5, 0.6) is 11.5 Å². The van der Waals surface area contributed by atoms with Crippen molar-refractivity contribution in [3.8, 4) is 11.5 Å². The maximum atomic E-state index is 12.9. The molecule has 1 aliphatic heterocycles. The molecular weight excluding hydrogens is 366 g/mol. The second-order valence-electron chi connectivity index (χ2n) is 7.79. The van der Waals surface area contributed by atoms with Crippen LogP contribution in [0, 0.1) is 6.92 Å². The van der Waals surface area contributed by atoms with Gasteiger partial charge >= 0.3 is 0 Å². The fraction of sp³-hybridized carbons (Fsp3) is 0.435. The van der Waals surface area contributed by atoms with E-state index >= 15 is 0 Å². The Bertz CT molecular complexity index is 887. The lowest BCUT2D eigenvalue weighted by Crippen LogP contribution is -2.44. The van der Waals surface area contributed by atoms with E-state index in [4.69, 9.17) is 15.2 Å². The number of carbonyl (C=O) groups is 1. The summed E-state index contributed by atoms with van der Waals surface area (Å²) in [5.41, 5.74) is 10.1. The third-order valence-corrected chi connectivity index (χ3v) is 5.73. The van der Waals surface area contributed by atoms with Crippen LogP contribution in [0.15, 0.2) is 30.3 Å². The van der Waals surface area contributed by atoms with Crippen molar-refractivity contribution in [2.24, 2.45) is 0 Å². The van der Waals surface area contributed by atoms with Crippen LogP contribution in [0.3, 0.4) is 0 Å². The van der Waals surface area contributed by atoms with Crippen LogP contribution in [0.25, 0.3) is 0 Å². The van der Waals surface area contributed by atoms with Crippen molar-refractivity contribution in [3.63, 3.8) is 0 Å². The van der Waals surface area contributed by atoms with E-state index in [1.54, 1.807) is 32.4 Å². The largest absolute Gasteiger partial charge is 0.493 e. The minimum absolute atomic E-state index is 0.243. The van der Waals surface area contributed by atoms with Gasteiger partial charge in [0, 0.05) is 23.3 Å². The van der Waals surface area contributed by atoms with Crippen LogP contribution in [-0.4, -0.2) is 32.2 Å². The van der Waals surface area contributed by atoms with E-state index in [0.717, 1.165) is 11.3 Å². The number of rotatable bonds is 5. The molecule has 2 aromatic rings. The number of nitrogen functional groups attached to an aromatic ring is 1. The quantitative estimate of drug-likeness (QED) is 0.720. The van der Waals surface area contributed by atoms with Crippen molar-refractivity contribution >= 4 is 23.0 Å². The molecule has 29 heavy (non-hydrogen) atoms. The zero-order valence-corrected chi connectivity index (χ0v) is 17.9. The molecule has 6 heteroatoms. The molecule has 0 saturated carbocycles. The van der Waals surface area contributed by atoms with E-state index in [9.17, 15) is 4.79 Å². The maximum absolute atomic E-state index is 12.9. The molecule has 0 radical (unpaired) electrons. The lowest BCUT2D eigenvalue weighted by Gasteiger charge is -2.42. The molecule has 0 unspecified atom stereocenters. The first-order chi connectivity index (χ1) is 13.8. The number of piperidine rings is 1. The maximum Gasteiger partial charge on any atom is 0.255 e. The number of anilines is 3. The van der Waals surface area contributed by atoms with Crippen molar-refractivity contribution < 1.29 is 14.3 Å². The number of aryl methyl sites for hydroxylation is 1. The van der Waals surface area contributed by atoms with Gasteiger partial charge in [0.2, 0.25) is 0 Å². The lowest BCUT2D eigenvalue weighted by molar-refractivity contribution is 0.102. The molecule has 3 rings (SSSR count). The van der Waals surface area contributed by atoms with Gasteiger partial charge in [-0.1, -0.05) is 0 Å². The normalized spacial score (nSPS) is 19.0. The average molecular weight is 398 g/mol. The second-order valence-corrected chi connectivity index (χ2v) is 7.79. The summed E-state index contributed by atoms with van der Waals surface area (Å²) in [5.74, 6) is 0.843. The topological polar surface area (TPSA) is 76.8 Å². The number of hydrogen-bond donors (Lipinski definition) is 2. The van der Waals surface area contributed by atoms with Gasteiger partial charge in [-0.3, -0.25) is 4.79 Å². The Kier molecular flexibility index (Phi) is 6.20. The molecule has 0 spiro atoms. The van der Waals surface area contributed by atoms with E-state index in [-0.39, 0.29) is 5.91 Å². The highest BCUT2D eigenvalue weighted by Gasteiger charge is 2.26. The average Bonchev–Trinajstić information content (AvgIpc) is 2.70. The van der Waals surface area contributed by atoms with E-state index in [1.165, 1.54) is 19.3 Å². The van der Waals surface area contributed by atoms with Gasteiger partial charge in [0.25, 0.3) is 5.91 Å². The molecule has 6 nitrogen and oxygen atoms in total. The van der Waals surface area contributed by atoms with Crippen LogP contribution >= 0.6 is 0 Å². The highest BCUT2D eigenvalue weighted by atomic mass is 16.5. The fourth-order valence-electron chi connectivity index (χ4n) is 4.17. The molecule has 1 heterocycles. The molecule has 0 aromatic heterocycles. The predicted molar refractivity (Wildman–Crippen MR) is 118 cm³/mol. The summed E-state index contributed by atoms with van der Waals surface area (Å²) in [6.07, 6.45) is 3.58. The van der Waals surface area contributed by atoms with Crippen molar-refractivity contribution in [1.82, 2.24) is 0 Å². The number of nitrogens with zero attached hydrogens (tertiary/aromatic N) is 1. The zero-order chi connectivity index (χ0) is 21.1. The first-order valence-electron chi connectivity index (χ1n) is 10.1. The van der Waals surface area contributed by atoms with Gasteiger partial charge in [-0.25, -0.2) is 0 Å². The van der Waals surface area contributed by atoms with Crippen molar-refractivity contribution in [2.45, 2.75) is 52.1 Å². The second kappa shape index (κ2) is 8.64. The number of nitrogens with one attached hydrogen (secondary N) is 1. The summed E-state index contributed by atoms with van der Waals surface area (Å²) in [6, 6.07) is 9.93. The molecular formula is C23H31N3O3. The predicted octanol–water partition coefficient (Wildman–Crippen LogP) is 4.61. The van der Waals surface area contributed by atoms with Crippen LogP contribution < -0.4 is 25.4 Å². The molecule has 156 valence electrons. The summed E-state index contributed by atoms with van der Waals surface area (Å²) in [6.45, 7) is 6.58. The first kappa shape index (κ1) is 20.8. The Hall–Kier alpha value is -2.89. The van der Waals surface area contributed by atoms with E-state index in [2.05, 4.69) is 31.0 Å². The minimum atomic E-state index is -0.243. The van der Waals surface area contributed by atoms with Crippen molar-refractivity contribution in [3.05, 3.63) is 41.5 Å². The third kappa shape index (κ3) is 4.26. The van der Waals surface area contributed by atoms with Crippen molar-refractivity contribution in [1.29, 1.82) is 0 Å². The van der Waals surface area contributed by atoms with E-state index in [1.807, 2.05) is 12.1 Å². The zero-order valence-electron chi connectivity index (χ0n) is 17.9. The number of benzene rings is 2. The summed E-state index contributed by atoms with van der Waals surface area (Å²) >= 11 is 0. The van der Waals surface area contributed by atoms with Crippen LogP contribution in [-0.2, 0) is 0 Å². The minimum Gasteiger partial charge on any atom is -0.493 e. The Morgan fingerprint density at radius 1 is 1.07 bits per heavy atom.